The summed E-state index contributed by atoms with van der Waals surface area (Å²) in [5.41, 5.74) is 0.694. The molecule has 1 aromatic carbocycles. The Balaban J connectivity index is 0.00000200. The minimum absolute atomic E-state index is 0. The van der Waals surface area contributed by atoms with Crippen LogP contribution in [0.25, 0.3) is 0 Å². The van der Waals surface area contributed by atoms with E-state index >= 15 is 0 Å². The van der Waals surface area contributed by atoms with Gasteiger partial charge in [0.2, 0.25) is 10.0 Å². The second kappa shape index (κ2) is 7.29. The summed E-state index contributed by atoms with van der Waals surface area (Å²) in [6.07, 6.45) is 0.798. The Hall–Kier alpha value is -0.0400. The lowest BCUT2D eigenvalue weighted by Crippen LogP contribution is -2.34. The van der Waals surface area contributed by atoms with Gasteiger partial charge in [-0.15, -0.1) is 12.4 Å². The predicted octanol–water partition coefficient (Wildman–Crippen LogP) is 2.71. The summed E-state index contributed by atoms with van der Waals surface area (Å²) in [5.74, 6) is 0. The third-order valence-corrected chi connectivity index (χ3v) is 5.85. The fourth-order valence-corrected chi connectivity index (χ4v) is 4.13. The van der Waals surface area contributed by atoms with Crippen LogP contribution in [0.15, 0.2) is 17.0 Å². The van der Waals surface area contributed by atoms with Crippen LogP contribution < -0.4 is 5.32 Å². The van der Waals surface area contributed by atoms with E-state index in [1.807, 2.05) is 0 Å². The Morgan fingerprint density at radius 1 is 1.15 bits per heavy atom. The van der Waals surface area contributed by atoms with Crippen molar-refractivity contribution < 1.29 is 8.42 Å². The van der Waals surface area contributed by atoms with E-state index in [2.05, 4.69) is 5.32 Å². The molecule has 1 N–H and O–H groups in total. The van der Waals surface area contributed by atoms with E-state index in [-0.39, 0.29) is 17.3 Å². The molecule has 8 heteroatoms. The van der Waals surface area contributed by atoms with E-state index in [1.54, 1.807) is 6.92 Å². The van der Waals surface area contributed by atoms with E-state index in [0.29, 0.717) is 35.2 Å². The molecule has 1 heterocycles. The molecule has 1 aliphatic heterocycles. The van der Waals surface area contributed by atoms with Crippen molar-refractivity contribution in [1.82, 2.24) is 9.62 Å². The number of hydrogen-bond donors (Lipinski definition) is 1. The van der Waals surface area contributed by atoms with Crippen LogP contribution in [0, 0.1) is 6.92 Å². The number of hydrogen-bond acceptors (Lipinski definition) is 3. The van der Waals surface area contributed by atoms with Gasteiger partial charge < -0.3 is 5.32 Å². The normalized spacial score (nSPS) is 17.4. The zero-order chi connectivity index (χ0) is 14.0. The van der Waals surface area contributed by atoms with Gasteiger partial charge in [0.25, 0.3) is 0 Å². The summed E-state index contributed by atoms with van der Waals surface area (Å²) in [5, 5.41) is 3.92. The second-order valence-corrected chi connectivity index (χ2v) is 7.27. The molecule has 0 unspecified atom stereocenters. The minimum Gasteiger partial charge on any atom is -0.315 e. The first kappa shape index (κ1) is 18.0. The zero-order valence-electron chi connectivity index (χ0n) is 11.0. The average Bonchev–Trinajstić information content (AvgIpc) is 2.64. The molecule has 0 amide bonds. The third-order valence-electron chi connectivity index (χ3n) is 3.19. The second-order valence-electron chi connectivity index (χ2n) is 4.52. The maximum absolute atomic E-state index is 12.5. The molecular weight excluding hydrogens is 343 g/mol. The smallest absolute Gasteiger partial charge is 0.243 e. The van der Waals surface area contributed by atoms with Gasteiger partial charge in [-0.25, -0.2) is 8.42 Å². The lowest BCUT2D eigenvalue weighted by Gasteiger charge is -2.20. The molecule has 1 aliphatic rings. The van der Waals surface area contributed by atoms with Crippen LogP contribution in [0.2, 0.25) is 10.0 Å². The van der Waals surface area contributed by atoms with Crippen molar-refractivity contribution in [1.29, 1.82) is 0 Å². The van der Waals surface area contributed by atoms with Gasteiger partial charge in [0.1, 0.15) is 0 Å². The van der Waals surface area contributed by atoms with Crippen molar-refractivity contribution in [3.05, 3.63) is 27.7 Å². The summed E-state index contributed by atoms with van der Waals surface area (Å²) in [6.45, 7) is 4.23. The summed E-state index contributed by atoms with van der Waals surface area (Å²) < 4.78 is 26.5. The minimum atomic E-state index is -3.52. The lowest BCUT2D eigenvalue weighted by molar-refractivity contribution is 0.432. The van der Waals surface area contributed by atoms with Crippen molar-refractivity contribution in [3.8, 4) is 0 Å². The predicted molar refractivity (Wildman–Crippen MR) is 84.7 cm³/mol. The van der Waals surface area contributed by atoms with Gasteiger partial charge in [0, 0.05) is 29.7 Å². The standard InChI is InChI=1S/C12H16Cl2N2O2S.ClH/c1-9-11(13)7-10(8-12(9)14)19(17,18)16-5-2-3-15-4-6-16;/h7-8,15H,2-6H2,1H3;1H. The maximum atomic E-state index is 12.5. The van der Waals surface area contributed by atoms with Crippen LogP contribution in [-0.4, -0.2) is 38.9 Å². The molecule has 0 radical (unpaired) electrons. The largest absolute Gasteiger partial charge is 0.315 e. The van der Waals surface area contributed by atoms with Gasteiger partial charge in [0.15, 0.2) is 0 Å². The fourth-order valence-electron chi connectivity index (χ4n) is 1.98. The molecule has 1 saturated heterocycles. The number of nitrogens with zero attached hydrogens (tertiary/aromatic N) is 1. The lowest BCUT2D eigenvalue weighted by atomic mass is 10.2. The highest BCUT2D eigenvalue weighted by molar-refractivity contribution is 7.89. The molecule has 0 saturated carbocycles. The van der Waals surface area contributed by atoms with E-state index in [4.69, 9.17) is 23.2 Å². The first-order valence-electron chi connectivity index (χ1n) is 6.09. The molecule has 0 spiro atoms. The number of benzene rings is 1. The highest BCUT2D eigenvalue weighted by Crippen LogP contribution is 2.29. The van der Waals surface area contributed by atoms with E-state index < -0.39 is 10.0 Å². The van der Waals surface area contributed by atoms with Crippen LogP contribution in [-0.2, 0) is 10.0 Å². The van der Waals surface area contributed by atoms with Crippen molar-refractivity contribution in [2.45, 2.75) is 18.2 Å². The first-order valence-corrected chi connectivity index (χ1v) is 8.29. The van der Waals surface area contributed by atoms with Crippen molar-refractivity contribution >= 4 is 45.6 Å². The fraction of sp³-hybridized carbons (Fsp3) is 0.500. The summed E-state index contributed by atoms with van der Waals surface area (Å²) in [6, 6.07) is 2.94. The number of rotatable bonds is 2. The molecule has 2 rings (SSSR count). The van der Waals surface area contributed by atoms with Crippen LogP contribution in [0.5, 0.6) is 0 Å². The Morgan fingerprint density at radius 2 is 1.75 bits per heavy atom. The number of sulfonamides is 1. The molecule has 0 bridgehead atoms. The van der Waals surface area contributed by atoms with Crippen molar-refractivity contribution in [2.75, 3.05) is 26.2 Å². The van der Waals surface area contributed by atoms with Gasteiger partial charge in [-0.2, -0.15) is 4.31 Å². The average molecular weight is 360 g/mol. The van der Waals surface area contributed by atoms with Gasteiger partial charge in [-0.05, 0) is 37.6 Å². The summed E-state index contributed by atoms with van der Waals surface area (Å²) >= 11 is 12.0. The van der Waals surface area contributed by atoms with Crippen molar-refractivity contribution in [2.24, 2.45) is 0 Å². The number of nitrogens with one attached hydrogen (secondary N) is 1. The highest BCUT2D eigenvalue weighted by atomic mass is 35.5. The van der Waals surface area contributed by atoms with E-state index in [0.717, 1.165) is 13.0 Å². The van der Waals surface area contributed by atoms with Gasteiger partial charge in [0.05, 0.1) is 4.90 Å². The monoisotopic (exact) mass is 358 g/mol. The maximum Gasteiger partial charge on any atom is 0.243 e. The molecule has 0 atom stereocenters. The van der Waals surface area contributed by atoms with Crippen LogP contribution in [0.1, 0.15) is 12.0 Å². The molecule has 0 aliphatic carbocycles. The summed E-state index contributed by atoms with van der Waals surface area (Å²) in [7, 11) is -3.52. The summed E-state index contributed by atoms with van der Waals surface area (Å²) in [4.78, 5) is 0.162. The van der Waals surface area contributed by atoms with E-state index in [9.17, 15) is 8.42 Å². The van der Waals surface area contributed by atoms with Gasteiger partial charge in [-0.3, -0.25) is 0 Å². The van der Waals surface area contributed by atoms with E-state index in [1.165, 1.54) is 16.4 Å². The zero-order valence-corrected chi connectivity index (χ0v) is 14.2. The molecule has 1 fully saturated rings. The molecule has 4 nitrogen and oxygen atoms in total. The molecule has 20 heavy (non-hydrogen) atoms. The first-order chi connectivity index (χ1) is 8.93. The van der Waals surface area contributed by atoms with Crippen LogP contribution in [0.3, 0.4) is 0 Å². The highest BCUT2D eigenvalue weighted by Gasteiger charge is 2.26. The topological polar surface area (TPSA) is 49.4 Å². The molecule has 1 aromatic rings. The Bertz CT molecular complexity index is 547. The van der Waals surface area contributed by atoms with Crippen molar-refractivity contribution in [3.63, 3.8) is 0 Å². The number of halogens is 3. The SMILES string of the molecule is Cc1c(Cl)cc(S(=O)(=O)N2CCCNCC2)cc1Cl.Cl. The molecule has 114 valence electrons. The Morgan fingerprint density at radius 3 is 2.35 bits per heavy atom. The molecular formula is C12H17Cl3N2O2S. The Kier molecular flexibility index (Phi) is 6.57. The van der Waals surface area contributed by atoms with Crippen LogP contribution >= 0.6 is 35.6 Å². The third kappa shape index (κ3) is 3.78. The quantitative estimate of drug-likeness (QED) is 0.883. The van der Waals surface area contributed by atoms with Gasteiger partial charge >= 0.3 is 0 Å². The van der Waals surface area contributed by atoms with Crippen LogP contribution in [0.4, 0.5) is 0 Å². The van der Waals surface area contributed by atoms with Gasteiger partial charge in [-0.1, -0.05) is 23.2 Å². The Labute approximate surface area is 135 Å². The molecule has 0 aromatic heterocycles.